The van der Waals surface area contributed by atoms with E-state index >= 15 is 0 Å². The van der Waals surface area contributed by atoms with Gasteiger partial charge in [-0.1, -0.05) is 5.21 Å². The molecule has 35 heavy (non-hydrogen) atoms. The van der Waals surface area contributed by atoms with Crippen molar-refractivity contribution in [1.82, 2.24) is 34.6 Å². The average molecular weight is 475 g/mol. The summed E-state index contributed by atoms with van der Waals surface area (Å²) in [4.78, 5) is 21.7. The Kier molecular flexibility index (Phi) is 5.25. The minimum Gasteiger partial charge on any atom is -0.368 e. The number of aromatic nitrogens is 5. The molecule has 1 aliphatic heterocycles. The molecule has 2 aliphatic rings. The Morgan fingerprint density at radius 3 is 2.69 bits per heavy atom. The summed E-state index contributed by atoms with van der Waals surface area (Å²) >= 11 is 0. The van der Waals surface area contributed by atoms with Gasteiger partial charge < -0.3 is 15.1 Å². The highest BCUT2D eigenvalue weighted by Crippen LogP contribution is 2.26. The summed E-state index contributed by atoms with van der Waals surface area (Å²) < 4.78 is 18.2. The molecule has 1 aliphatic carbocycles. The lowest BCUT2D eigenvalue weighted by molar-refractivity contribution is 0.0947. The molecule has 0 radical (unpaired) electrons. The molecule has 0 unspecified atom stereocenters. The van der Waals surface area contributed by atoms with Gasteiger partial charge in [0.15, 0.2) is 0 Å². The van der Waals surface area contributed by atoms with Gasteiger partial charge in [0.1, 0.15) is 17.2 Å². The Balaban J connectivity index is 1.33. The van der Waals surface area contributed by atoms with Crippen molar-refractivity contribution in [2.24, 2.45) is 0 Å². The second-order valence-corrected chi connectivity index (χ2v) is 9.46. The molecule has 9 nitrogen and oxygen atoms in total. The van der Waals surface area contributed by atoms with E-state index in [0.717, 1.165) is 56.0 Å². The molecule has 10 heteroatoms. The van der Waals surface area contributed by atoms with Crippen LogP contribution in [0.15, 0.2) is 42.9 Å². The number of halogens is 1. The highest BCUT2D eigenvalue weighted by Gasteiger charge is 2.26. The summed E-state index contributed by atoms with van der Waals surface area (Å²) in [6.45, 7) is 5.80. The number of benzene rings is 1. The fourth-order valence-corrected chi connectivity index (χ4v) is 4.48. The number of nitrogens with one attached hydrogen (secondary N) is 1. The lowest BCUT2D eigenvalue weighted by Crippen LogP contribution is -2.44. The number of fused-ring (bicyclic) bond motifs is 1. The fraction of sp³-hybridized carbons (Fsp3) is 0.360. The van der Waals surface area contributed by atoms with Crippen molar-refractivity contribution in [3.63, 3.8) is 0 Å². The zero-order valence-corrected chi connectivity index (χ0v) is 19.8. The second-order valence-electron chi connectivity index (χ2n) is 9.46. The van der Waals surface area contributed by atoms with Crippen LogP contribution in [0, 0.1) is 12.7 Å². The summed E-state index contributed by atoms with van der Waals surface area (Å²) in [5, 5.41) is 11.5. The van der Waals surface area contributed by atoms with Crippen molar-refractivity contribution in [2.45, 2.75) is 25.8 Å². The number of pyridine rings is 1. The van der Waals surface area contributed by atoms with Gasteiger partial charge in [-0.15, -0.1) is 5.10 Å². The van der Waals surface area contributed by atoms with Crippen LogP contribution in [0.4, 0.5) is 10.1 Å². The second kappa shape index (κ2) is 8.46. The summed E-state index contributed by atoms with van der Waals surface area (Å²) in [6, 6.07) is 7.17. The van der Waals surface area contributed by atoms with Crippen molar-refractivity contribution >= 4 is 17.2 Å². The zero-order valence-electron chi connectivity index (χ0n) is 19.8. The molecule has 2 fully saturated rings. The third-order valence-corrected chi connectivity index (χ3v) is 6.80. The van der Waals surface area contributed by atoms with E-state index in [9.17, 15) is 9.18 Å². The minimum absolute atomic E-state index is 0.0150. The first-order valence-corrected chi connectivity index (χ1v) is 11.9. The number of hydrogen-bond acceptors (Lipinski definition) is 6. The molecule has 1 saturated heterocycles. The van der Waals surface area contributed by atoms with E-state index in [1.807, 2.05) is 10.5 Å². The molecule has 0 atom stereocenters. The van der Waals surface area contributed by atoms with Crippen molar-refractivity contribution in [3.05, 3.63) is 59.8 Å². The molecular weight excluding hydrogens is 447 g/mol. The number of piperazine rings is 1. The van der Waals surface area contributed by atoms with Gasteiger partial charge in [-0.05, 0) is 56.6 Å². The molecule has 0 spiro atoms. The van der Waals surface area contributed by atoms with Crippen LogP contribution >= 0.6 is 0 Å². The van der Waals surface area contributed by atoms with E-state index in [0.29, 0.717) is 16.9 Å². The third kappa shape index (κ3) is 4.14. The van der Waals surface area contributed by atoms with Crippen LogP contribution in [0.2, 0.25) is 0 Å². The molecule has 6 rings (SSSR count). The van der Waals surface area contributed by atoms with Crippen molar-refractivity contribution in [1.29, 1.82) is 0 Å². The van der Waals surface area contributed by atoms with Gasteiger partial charge in [-0.3, -0.25) is 9.20 Å². The number of carbonyl (C=O) groups is 1. The van der Waals surface area contributed by atoms with Crippen LogP contribution in [-0.4, -0.2) is 74.5 Å². The molecule has 3 aromatic heterocycles. The Hall–Kier alpha value is -3.79. The number of rotatable bonds is 5. The number of carbonyl (C=O) groups excluding carboxylic acids is 1. The van der Waals surface area contributed by atoms with Gasteiger partial charge in [-0.2, -0.15) is 0 Å². The maximum Gasteiger partial charge on any atom is 0.254 e. The Morgan fingerprint density at radius 1 is 1.11 bits per heavy atom. The summed E-state index contributed by atoms with van der Waals surface area (Å²) in [5.74, 6) is -0.937. The van der Waals surface area contributed by atoms with Crippen molar-refractivity contribution < 1.29 is 9.18 Å². The van der Waals surface area contributed by atoms with Crippen LogP contribution < -0.4 is 10.2 Å². The van der Waals surface area contributed by atoms with Crippen molar-refractivity contribution in [2.75, 3.05) is 38.1 Å². The van der Waals surface area contributed by atoms with Crippen molar-refractivity contribution in [3.8, 4) is 17.1 Å². The van der Waals surface area contributed by atoms with Crippen LogP contribution in [0.25, 0.3) is 22.7 Å². The molecule has 1 saturated carbocycles. The first kappa shape index (κ1) is 21.7. The quantitative estimate of drug-likeness (QED) is 0.479. The zero-order chi connectivity index (χ0) is 24.1. The number of aryl methyl sites for hydroxylation is 1. The van der Waals surface area contributed by atoms with E-state index in [4.69, 9.17) is 0 Å². The number of imidazole rings is 1. The SMILES string of the molecule is Cc1cc(F)c(C(=O)NC2CC2)cc1-n1cc(-c2cnc3ccc(N4CCN(C)CC4)cn23)nn1. The third-order valence-electron chi connectivity index (χ3n) is 6.80. The predicted molar refractivity (Wildman–Crippen MR) is 130 cm³/mol. The molecule has 4 heterocycles. The molecular formula is C25H27FN8O. The van der Waals surface area contributed by atoms with E-state index in [-0.39, 0.29) is 11.6 Å². The number of nitrogens with zero attached hydrogens (tertiary/aromatic N) is 7. The van der Waals surface area contributed by atoms with E-state index < -0.39 is 11.7 Å². The number of anilines is 1. The van der Waals surface area contributed by atoms with Gasteiger partial charge in [0.05, 0.1) is 35.0 Å². The molecule has 1 amide bonds. The number of amides is 1. The summed E-state index contributed by atoms with van der Waals surface area (Å²) in [7, 11) is 2.14. The summed E-state index contributed by atoms with van der Waals surface area (Å²) in [6.07, 6.45) is 7.53. The Morgan fingerprint density at radius 2 is 1.91 bits per heavy atom. The molecule has 180 valence electrons. The highest BCUT2D eigenvalue weighted by atomic mass is 19.1. The standard InChI is InChI=1S/C25H27FN8O/c1-16-11-20(26)19(25(35)28-17-3-4-17)12-22(16)34-15-21(29-30-34)23-13-27-24-6-5-18(14-33(23)24)32-9-7-31(2)8-10-32/h5-6,11-15,17H,3-4,7-10H2,1-2H3,(H,28,35). The van der Waals surface area contributed by atoms with Gasteiger partial charge in [0.25, 0.3) is 5.91 Å². The normalized spacial score (nSPS) is 16.7. The van der Waals surface area contributed by atoms with Crippen LogP contribution in [0.3, 0.4) is 0 Å². The van der Waals surface area contributed by atoms with Gasteiger partial charge in [0.2, 0.25) is 0 Å². The lowest BCUT2D eigenvalue weighted by atomic mass is 10.1. The number of hydrogen-bond donors (Lipinski definition) is 1. The molecule has 1 aromatic carbocycles. The lowest BCUT2D eigenvalue weighted by Gasteiger charge is -2.34. The van der Waals surface area contributed by atoms with E-state index in [1.54, 1.807) is 30.1 Å². The molecule has 1 N–H and O–H groups in total. The largest absolute Gasteiger partial charge is 0.368 e. The minimum atomic E-state index is -0.539. The van der Waals surface area contributed by atoms with Gasteiger partial charge in [0, 0.05) is 38.4 Å². The average Bonchev–Trinajstić information content (AvgIpc) is 3.36. The van der Waals surface area contributed by atoms with Crippen LogP contribution in [-0.2, 0) is 0 Å². The Bertz CT molecular complexity index is 1410. The van der Waals surface area contributed by atoms with E-state index in [1.165, 1.54) is 6.07 Å². The number of likely N-dealkylation sites (N-methyl/N-ethyl adjacent to an activating group) is 1. The van der Waals surface area contributed by atoms with E-state index in [2.05, 4.69) is 49.7 Å². The maximum absolute atomic E-state index is 14.6. The predicted octanol–water partition coefficient (Wildman–Crippen LogP) is 2.67. The Labute approximate surface area is 202 Å². The smallest absolute Gasteiger partial charge is 0.254 e. The monoisotopic (exact) mass is 474 g/mol. The first-order chi connectivity index (χ1) is 17.0. The fourth-order valence-electron chi connectivity index (χ4n) is 4.48. The van der Waals surface area contributed by atoms with Gasteiger partial charge >= 0.3 is 0 Å². The summed E-state index contributed by atoms with van der Waals surface area (Å²) in [5.41, 5.74) is 4.70. The first-order valence-electron chi connectivity index (χ1n) is 11.9. The molecule has 4 aromatic rings. The highest BCUT2D eigenvalue weighted by molar-refractivity contribution is 5.95. The van der Waals surface area contributed by atoms with Crippen LogP contribution in [0.1, 0.15) is 28.8 Å². The maximum atomic E-state index is 14.6. The molecule has 0 bridgehead atoms. The topological polar surface area (TPSA) is 83.6 Å². The van der Waals surface area contributed by atoms with Gasteiger partial charge in [-0.25, -0.2) is 14.1 Å². The van der Waals surface area contributed by atoms with Crippen LogP contribution in [0.5, 0.6) is 0 Å².